The first-order valence-electron chi connectivity index (χ1n) is 4.97. The van der Waals surface area contributed by atoms with Crippen LogP contribution in [0.4, 0.5) is 0 Å². The number of rotatable bonds is 2. The lowest BCUT2D eigenvalue weighted by atomic mass is 10.2. The average molecular weight is 194 g/mol. The molecular weight excluding hydrogens is 180 g/mol. The molecule has 0 unspecified atom stereocenters. The van der Waals surface area contributed by atoms with Gasteiger partial charge in [0.05, 0.1) is 6.04 Å². The van der Waals surface area contributed by atoms with Crippen molar-refractivity contribution >= 4 is 5.97 Å². The van der Waals surface area contributed by atoms with Gasteiger partial charge in [0, 0.05) is 11.8 Å². The zero-order valence-corrected chi connectivity index (χ0v) is 8.23. The number of aromatic nitrogens is 2. The van der Waals surface area contributed by atoms with Crippen molar-refractivity contribution in [2.24, 2.45) is 0 Å². The predicted octanol–water partition coefficient (Wildman–Crippen LogP) is 2.00. The maximum absolute atomic E-state index is 10.8. The van der Waals surface area contributed by atoms with Gasteiger partial charge in [-0.2, -0.15) is 5.10 Å². The van der Waals surface area contributed by atoms with Crippen LogP contribution in [0.5, 0.6) is 0 Å². The Labute approximate surface area is 82.5 Å². The van der Waals surface area contributed by atoms with E-state index in [0.29, 0.717) is 6.04 Å². The van der Waals surface area contributed by atoms with E-state index in [1.54, 1.807) is 6.92 Å². The lowest BCUT2D eigenvalue weighted by Gasteiger charge is -2.08. The van der Waals surface area contributed by atoms with Crippen LogP contribution >= 0.6 is 0 Å². The third-order valence-electron chi connectivity index (χ3n) is 2.82. The second-order valence-corrected chi connectivity index (χ2v) is 3.88. The summed E-state index contributed by atoms with van der Waals surface area (Å²) in [5, 5.41) is 13.0. The molecule has 0 saturated heterocycles. The monoisotopic (exact) mass is 194 g/mol. The molecule has 1 N–H and O–H groups in total. The van der Waals surface area contributed by atoms with Crippen LogP contribution in [-0.4, -0.2) is 20.9 Å². The van der Waals surface area contributed by atoms with E-state index < -0.39 is 5.97 Å². The molecule has 0 amide bonds. The summed E-state index contributed by atoms with van der Waals surface area (Å²) in [4.78, 5) is 10.8. The normalized spacial score (nSPS) is 17.5. The Hall–Kier alpha value is -1.32. The molecule has 2 rings (SSSR count). The Morgan fingerprint density at radius 2 is 2.21 bits per heavy atom. The quantitative estimate of drug-likeness (QED) is 0.783. The topological polar surface area (TPSA) is 55.1 Å². The summed E-state index contributed by atoms with van der Waals surface area (Å²) >= 11 is 0. The lowest BCUT2D eigenvalue weighted by molar-refractivity contribution is 0.0688. The molecule has 76 valence electrons. The Kier molecular flexibility index (Phi) is 2.27. The Balaban J connectivity index is 2.27. The van der Waals surface area contributed by atoms with Crippen LogP contribution in [0.1, 0.15) is 47.8 Å². The number of carboxylic acids is 1. The Bertz CT molecular complexity index is 351. The van der Waals surface area contributed by atoms with Crippen LogP contribution < -0.4 is 0 Å². The third kappa shape index (κ3) is 1.52. The summed E-state index contributed by atoms with van der Waals surface area (Å²) in [5.74, 6) is -0.931. The second-order valence-electron chi connectivity index (χ2n) is 3.88. The Morgan fingerprint density at radius 1 is 1.57 bits per heavy atom. The SMILES string of the molecule is Cc1cn(C2CCCC2)nc1C(=O)O. The molecule has 0 aliphatic heterocycles. The van der Waals surface area contributed by atoms with E-state index >= 15 is 0 Å². The van der Waals surface area contributed by atoms with Crippen LogP contribution in [0, 0.1) is 6.92 Å². The van der Waals surface area contributed by atoms with Gasteiger partial charge in [-0.15, -0.1) is 0 Å². The minimum Gasteiger partial charge on any atom is -0.476 e. The average Bonchev–Trinajstić information content (AvgIpc) is 2.70. The van der Waals surface area contributed by atoms with Crippen LogP contribution in [0.25, 0.3) is 0 Å². The molecule has 1 aliphatic rings. The number of nitrogens with zero attached hydrogens (tertiary/aromatic N) is 2. The fraction of sp³-hybridized carbons (Fsp3) is 0.600. The summed E-state index contributed by atoms with van der Waals surface area (Å²) in [6.45, 7) is 1.79. The molecule has 1 aromatic heterocycles. The minimum atomic E-state index is -0.931. The molecule has 14 heavy (non-hydrogen) atoms. The lowest BCUT2D eigenvalue weighted by Crippen LogP contribution is -2.07. The van der Waals surface area contributed by atoms with Crippen LogP contribution in [0.3, 0.4) is 0 Å². The van der Waals surface area contributed by atoms with Gasteiger partial charge in [-0.05, 0) is 19.8 Å². The van der Waals surface area contributed by atoms with Crippen molar-refractivity contribution in [3.8, 4) is 0 Å². The van der Waals surface area contributed by atoms with Crippen molar-refractivity contribution < 1.29 is 9.90 Å². The highest BCUT2D eigenvalue weighted by Crippen LogP contribution is 2.29. The van der Waals surface area contributed by atoms with E-state index in [4.69, 9.17) is 5.11 Å². The zero-order chi connectivity index (χ0) is 10.1. The number of hydrogen-bond donors (Lipinski definition) is 1. The van der Waals surface area contributed by atoms with Crippen LogP contribution in [0.2, 0.25) is 0 Å². The largest absolute Gasteiger partial charge is 0.476 e. The first-order chi connectivity index (χ1) is 6.68. The van der Waals surface area contributed by atoms with Crippen molar-refractivity contribution in [2.45, 2.75) is 38.6 Å². The predicted molar refractivity (Wildman–Crippen MR) is 51.4 cm³/mol. The molecule has 0 atom stereocenters. The second kappa shape index (κ2) is 3.44. The van der Waals surface area contributed by atoms with Gasteiger partial charge in [-0.1, -0.05) is 12.8 Å². The molecule has 1 saturated carbocycles. The van der Waals surface area contributed by atoms with Gasteiger partial charge in [-0.25, -0.2) is 4.79 Å². The van der Waals surface area contributed by atoms with E-state index in [1.165, 1.54) is 12.8 Å². The van der Waals surface area contributed by atoms with Crippen molar-refractivity contribution in [3.05, 3.63) is 17.5 Å². The molecule has 1 aromatic rings. The fourth-order valence-corrected chi connectivity index (χ4v) is 2.05. The van der Waals surface area contributed by atoms with Crippen molar-refractivity contribution in [1.29, 1.82) is 0 Å². The zero-order valence-electron chi connectivity index (χ0n) is 8.23. The summed E-state index contributed by atoms with van der Waals surface area (Å²) < 4.78 is 1.83. The van der Waals surface area contributed by atoms with E-state index in [2.05, 4.69) is 5.10 Å². The van der Waals surface area contributed by atoms with Crippen LogP contribution in [-0.2, 0) is 0 Å². The highest BCUT2D eigenvalue weighted by atomic mass is 16.4. The van der Waals surface area contributed by atoms with Crippen molar-refractivity contribution in [1.82, 2.24) is 9.78 Å². The van der Waals surface area contributed by atoms with E-state index in [0.717, 1.165) is 18.4 Å². The summed E-state index contributed by atoms with van der Waals surface area (Å²) in [5.41, 5.74) is 0.946. The fourth-order valence-electron chi connectivity index (χ4n) is 2.05. The number of hydrogen-bond acceptors (Lipinski definition) is 2. The Morgan fingerprint density at radius 3 is 2.71 bits per heavy atom. The summed E-state index contributed by atoms with van der Waals surface area (Å²) in [7, 11) is 0. The standard InChI is InChI=1S/C10H14N2O2/c1-7-6-12(8-4-2-3-5-8)11-9(7)10(13)14/h6,8H,2-5H2,1H3,(H,13,14). The highest BCUT2D eigenvalue weighted by molar-refractivity contribution is 5.86. The molecule has 1 fully saturated rings. The summed E-state index contributed by atoms with van der Waals surface area (Å²) in [6, 6.07) is 0.418. The molecule has 0 spiro atoms. The molecule has 1 heterocycles. The molecule has 0 bridgehead atoms. The van der Waals surface area contributed by atoms with Crippen LogP contribution in [0.15, 0.2) is 6.20 Å². The van der Waals surface area contributed by atoms with E-state index in [9.17, 15) is 4.79 Å². The summed E-state index contributed by atoms with van der Waals surface area (Å²) in [6.07, 6.45) is 6.55. The van der Waals surface area contributed by atoms with Crippen molar-refractivity contribution in [3.63, 3.8) is 0 Å². The molecule has 0 aromatic carbocycles. The van der Waals surface area contributed by atoms with E-state index in [-0.39, 0.29) is 5.69 Å². The minimum absolute atomic E-state index is 0.192. The van der Waals surface area contributed by atoms with Gasteiger partial charge in [0.15, 0.2) is 5.69 Å². The number of aryl methyl sites for hydroxylation is 1. The van der Waals surface area contributed by atoms with Gasteiger partial charge >= 0.3 is 5.97 Å². The molecule has 4 nitrogen and oxygen atoms in total. The molecule has 0 radical (unpaired) electrons. The smallest absolute Gasteiger partial charge is 0.356 e. The highest BCUT2D eigenvalue weighted by Gasteiger charge is 2.20. The van der Waals surface area contributed by atoms with E-state index in [1.807, 2.05) is 10.9 Å². The van der Waals surface area contributed by atoms with Gasteiger partial charge in [-0.3, -0.25) is 4.68 Å². The number of carboxylic acid groups (broad SMARTS) is 1. The number of aromatic carboxylic acids is 1. The number of carbonyl (C=O) groups is 1. The van der Waals surface area contributed by atoms with Crippen molar-refractivity contribution in [2.75, 3.05) is 0 Å². The third-order valence-corrected chi connectivity index (χ3v) is 2.82. The van der Waals surface area contributed by atoms with Gasteiger partial charge < -0.3 is 5.11 Å². The maximum atomic E-state index is 10.8. The first kappa shape index (κ1) is 9.24. The molecule has 4 heteroatoms. The van der Waals surface area contributed by atoms with Gasteiger partial charge in [0.25, 0.3) is 0 Å². The maximum Gasteiger partial charge on any atom is 0.356 e. The molecule has 1 aliphatic carbocycles. The van der Waals surface area contributed by atoms with Gasteiger partial charge in [0.2, 0.25) is 0 Å². The molecular formula is C10H14N2O2. The first-order valence-corrected chi connectivity index (χ1v) is 4.97. The van der Waals surface area contributed by atoms with Gasteiger partial charge in [0.1, 0.15) is 0 Å².